The van der Waals surface area contributed by atoms with Crippen LogP contribution in [-0.4, -0.2) is 41.2 Å². The first kappa shape index (κ1) is 18.0. The summed E-state index contributed by atoms with van der Waals surface area (Å²) < 4.78 is 40.0. The SMILES string of the molecule is CN(C)C(=N)COn1c(C(F)(F)F)nc2c(Cl)cc(Cl)c(Cl)c21. The monoisotopic (exact) mass is 388 g/mol. The van der Waals surface area contributed by atoms with Crippen molar-refractivity contribution in [1.82, 2.24) is 14.6 Å². The summed E-state index contributed by atoms with van der Waals surface area (Å²) in [7, 11) is 3.12. The lowest BCUT2D eigenvalue weighted by Crippen LogP contribution is -2.32. The van der Waals surface area contributed by atoms with Crippen LogP contribution < -0.4 is 4.84 Å². The molecule has 0 spiro atoms. The third kappa shape index (κ3) is 3.44. The van der Waals surface area contributed by atoms with Gasteiger partial charge in [0.15, 0.2) is 6.61 Å². The molecule has 0 fully saturated rings. The van der Waals surface area contributed by atoms with Crippen LogP contribution in [0.25, 0.3) is 11.0 Å². The summed E-state index contributed by atoms with van der Waals surface area (Å²) in [5, 5.41) is 7.31. The molecule has 0 aliphatic heterocycles. The standard InChI is InChI=1S/C12H10Cl3F3N4O/c1-21(2)7(19)4-23-22-10-8(15)5(13)3-6(14)9(10)20-11(22)12(16,17)18/h3,19H,4H2,1-2H3. The van der Waals surface area contributed by atoms with Gasteiger partial charge in [0, 0.05) is 14.1 Å². The van der Waals surface area contributed by atoms with Crippen LogP contribution in [-0.2, 0) is 6.18 Å². The Morgan fingerprint density at radius 2 is 1.91 bits per heavy atom. The zero-order valence-corrected chi connectivity index (χ0v) is 14.1. The third-order valence-corrected chi connectivity index (χ3v) is 3.92. The molecular formula is C12H10Cl3F3N4O. The highest BCUT2D eigenvalue weighted by atomic mass is 35.5. The number of likely N-dealkylation sites (N-methyl/N-ethyl adjacent to an activating group) is 1. The van der Waals surface area contributed by atoms with Crippen LogP contribution in [0.5, 0.6) is 0 Å². The van der Waals surface area contributed by atoms with Gasteiger partial charge in [-0.1, -0.05) is 34.8 Å². The average molecular weight is 390 g/mol. The number of fused-ring (bicyclic) bond motifs is 1. The van der Waals surface area contributed by atoms with Crippen molar-refractivity contribution in [3.63, 3.8) is 0 Å². The van der Waals surface area contributed by atoms with Crippen molar-refractivity contribution >= 4 is 51.7 Å². The zero-order chi connectivity index (χ0) is 17.5. The van der Waals surface area contributed by atoms with E-state index < -0.39 is 18.6 Å². The predicted octanol–water partition coefficient (Wildman–Crippen LogP) is 3.98. The number of amidine groups is 1. The van der Waals surface area contributed by atoms with Crippen LogP contribution >= 0.6 is 34.8 Å². The van der Waals surface area contributed by atoms with E-state index >= 15 is 0 Å². The maximum atomic E-state index is 13.2. The lowest BCUT2D eigenvalue weighted by atomic mass is 10.3. The van der Waals surface area contributed by atoms with Crippen LogP contribution in [0.1, 0.15) is 5.82 Å². The molecule has 0 unspecified atom stereocenters. The minimum atomic E-state index is -4.81. The highest BCUT2D eigenvalue weighted by molar-refractivity contribution is 6.47. The molecule has 1 N–H and O–H groups in total. The second-order valence-corrected chi connectivity index (χ2v) is 5.89. The van der Waals surface area contributed by atoms with Crippen molar-refractivity contribution in [2.45, 2.75) is 6.18 Å². The molecule has 2 rings (SSSR count). The van der Waals surface area contributed by atoms with Crippen molar-refractivity contribution in [2.24, 2.45) is 0 Å². The Labute approximate surface area is 143 Å². The van der Waals surface area contributed by atoms with E-state index in [0.717, 1.165) is 0 Å². The second kappa shape index (κ2) is 6.26. The topological polar surface area (TPSA) is 54.1 Å². The number of hydrogen-bond donors (Lipinski definition) is 1. The number of benzene rings is 1. The van der Waals surface area contributed by atoms with Gasteiger partial charge in [0.25, 0.3) is 5.82 Å². The Morgan fingerprint density at radius 1 is 1.30 bits per heavy atom. The number of alkyl halides is 3. The Kier molecular flexibility index (Phi) is 4.89. The molecule has 1 aromatic heterocycles. The quantitative estimate of drug-likeness (QED) is 0.491. The van der Waals surface area contributed by atoms with Gasteiger partial charge in [-0.15, -0.1) is 0 Å². The van der Waals surface area contributed by atoms with E-state index in [1.807, 2.05) is 0 Å². The van der Waals surface area contributed by atoms with Crippen LogP contribution in [0.3, 0.4) is 0 Å². The van der Waals surface area contributed by atoms with Gasteiger partial charge in [0.2, 0.25) is 0 Å². The molecule has 5 nitrogen and oxygen atoms in total. The lowest BCUT2D eigenvalue weighted by molar-refractivity contribution is -0.154. The van der Waals surface area contributed by atoms with E-state index in [0.29, 0.717) is 4.73 Å². The fourth-order valence-corrected chi connectivity index (χ4v) is 2.40. The molecule has 0 atom stereocenters. The minimum absolute atomic E-state index is 0.0367. The van der Waals surface area contributed by atoms with Gasteiger partial charge in [0.05, 0.1) is 15.1 Å². The summed E-state index contributed by atoms with van der Waals surface area (Å²) >= 11 is 17.7. The van der Waals surface area contributed by atoms with Gasteiger partial charge < -0.3 is 9.74 Å². The van der Waals surface area contributed by atoms with E-state index in [-0.39, 0.29) is 31.9 Å². The van der Waals surface area contributed by atoms with Gasteiger partial charge >= 0.3 is 6.18 Å². The summed E-state index contributed by atoms with van der Waals surface area (Å²) in [6, 6.07) is 1.20. The number of nitrogens with one attached hydrogen (secondary N) is 1. The molecule has 0 bridgehead atoms. The molecule has 0 saturated carbocycles. The summed E-state index contributed by atoms with van der Waals surface area (Å²) in [4.78, 5) is 9.94. The summed E-state index contributed by atoms with van der Waals surface area (Å²) in [5.41, 5.74) is -0.396. The molecule has 0 radical (unpaired) electrons. The van der Waals surface area contributed by atoms with Crippen molar-refractivity contribution in [1.29, 1.82) is 5.41 Å². The van der Waals surface area contributed by atoms with E-state index in [1.165, 1.54) is 11.0 Å². The Balaban J connectivity index is 2.65. The molecule has 1 heterocycles. The Bertz CT molecular complexity index is 773. The first-order valence-corrected chi connectivity index (χ1v) is 7.18. The first-order chi connectivity index (χ1) is 10.5. The minimum Gasteiger partial charge on any atom is -0.404 e. The summed E-state index contributed by atoms with van der Waals surface area (Å²) in [5.74, 6) is -1.39. The summed E-state index contributed by atoms with van der Waals surface area (Å²) in [6.07, 6.45) is -4.81. The molecule has 11 heteroatoms. The first-order valence-electron chi connectivity index (χ1n) is 6.05. The van der Waals surface area contributed by atoms with Crippen molar-refractivity contribution in [3.05, 3.63) is 27.0 Å². The number of hydrogen-bond acceptors (Lipinski definition) is 3. The van der Waals surface area contributed by atoms with Crippen molar-refractivity contribution in [3.8, 4) is 0 Å². The number of aromatic nitrogens is 2. The smallest absolute Gasteiger partial charge is 0.404 e. The molecule has 126 valence electrons. The number of halogens is 6. The number of rotatable bonds is 3. The average Bonchev–Trinajstić information content (AvgIpc) is 2.82. The van der Waals surface area contributed by atoms with Crippen molar-refractivity contribution < 1.29 is 18.0 Å². The van der Waals surface area contributed by atoms with Gasteiger partial charge in [-0.3, -0.25) is 5.41 Å². The normalized spacial score (nSPS) is 11.8. The van der Waals surface area contributed by atoms with Crippen LogP contribution in [0, 0.1) is 5.41 Å². The van der Waals surface area contributed by atoms with E-state index in [4.69, 9.17) is 45.0 Å². The van der Waals surface area contributed by atoms with Crippen LogP contribution in [0.15, 0.2) is 6.07 Å². The molecule has 23 heavy (non-hydrogen) atoms. The van der Waals surface area contributed by atoms with Gasteiger partial charge in [0.1, 0.15) is 16.9 Å². The molecule has 0 saturated heterocycles. The fraction of sp³-hybridized carbons (Fsp3) is 0.333. The Morgan fingerprint density at radius 3 is 2.43 bits per heavy atom. The largest absolute Gasteiger partial charge is 0.453 e. The number of imidazole rings is 1. The highest BCUT2D eigenvalue weighted by Gasteiger charge is 2.40. The molecule has 0 aliphatic carbocycles. The fourth-order valence-electron chi connectivity index (χ4n) is 1.68. The third-order valence-electron chi connectivity index (χ3n) is 2.86. The van der Waals surface area contributed by atoms with Crippen LogP contribution in [0.2, 0.25) is 15.1 Å². The number of nitrogens with zero attached hydrogens (tertiary/aromatic N) is 3. The van der Waals surface area contributed by atoms with Gasteiger partial charge in [-0.05, 0) is 6.07 Å². The van der Waals surface area contributed by atoms with E-state index in [1.54, 1.807) is 14.1 Å². The molecular weight excluding hydrogens is 380 g/mol. The predicted molar refractivity (Wildman–Crippen MR) is 82.6 cm³/mol. The molecule has 0 aliphatic rings. The lowest BCUT2D eigenvalue weighted by Gasteiger charge is -2.17. The van der Waals surface area contributed by atoms with E-state index in [2.05, 4.69) is 4.98 Å². The maximum absolute atomic E-state index is 13.2. The Hall–Kier alpha value is -1.38. The molecule has 0 amide bonds. The van der Waals surface area contributed by atoms with Crippen molar-refractivity contribution in [2.75, 3.05) is 20.7 Å². The molecule has 1 aromatic carbocycles. The van der Waals surface area contributed by atoms with E-state index in [9.17, 15) is 13.2 Å². The second-order valence-electron chi connectivity index (χ2n) is 4.69. The highest BCUT2D eigenvalue weighted by Crippen LogP contribution is 2.39. The summed E-state index contributed by atoms with van der Waals surface area (Å²) in [6.45, 7) is -0.429. The zero-order valence-electron chi connectivity index (χ0n) is 11.8. The van der Waals surface area contributed by atoms with Crippen LogP contribution in [0.4, 0.5) is 13.2 Å². The van der Waals surface area contributed by atoms with Gasteiger partial charge in [-0.2, -0.15) is 17.9 Å². The molecule has 2 aromatic rings. The maximum Gasteiger partial charge on any atom is 0.453 e. The van der Waals surface area contributed by atoms with Gasteiger partial charge in [-0.25, -0.2) is 4.98 Å².